The van der Waals surface area contributed by atoms with Gasteiger partial charge in [0, 0.05) is 0 Å². The first kappa shape index (κ1) is 15.6. The van der Waals surface area contributed by atoms with Gasteiger partial charge in [-0.2, -0.15) is 0 Å². The molecule has 0 saturated heterocycles. The van der Waals surface area contributed by atoms with Gasteiger partial charge in [-0.3, -0.25) is 0 Å². The Morgan fingerprint density at radius 2 is 1.14 bits per heavy atom. The van der Waals surface area contributed by atoms with Crippen LogP contribution in [0.5, 0.6) is 0 Å². The van der Waals surface area contributed by atoms with Gasteiger partial charge in [0.1, 0.15) is 0 Å². The molecule has 7 heavy (non-hydrogen) atoms. The van der Waals surface area contributed by atoms with Crippen LogP contribution in [0.2, 0.25) is 0 Å². The molecule has 0 atom stereocenters. The standard InChI is InChI=1S/C2H2F3.CH3.Cd/c1-2(3,4)5;;/h1H2;1H3;/q2*-1;+2. The molecule has 0 fully saturated rings. The van der Waals surface area contributed by atoms with Crippen LogP contribution in [-0.4, -0.2) is 6.18 Å². The topological polar surface area (TPSA) is 0 Å². The van der Waals surface area contributed by atoms with Crippen LogP contribution in [0, 0.1) is 14.4 Å². The maximum Gasteiger partial charge on any atom is 2.00 e. The summed E-state index contributed by atoms with van der Waals surface area (Å²) in [7, 11) is 0. The third kappa shape index (κ3) is 294. The van der Waals surface area contributed by atoms with E-state index in [2.05, 4.69) is 0 Å². The van der Waals surface area contributed by atoms with Crippen LogP contribution in [0.15, 0.2) is 0 Å². The van der Waals surface area contributed by atoms with Crippen molar-refractivity contribution in [1.29, 1.82) is 0 Å². The first-order valence-electron chi connectivity index (χ1n) is 0.921. The van der Waals surface area contributed by atoms with Crippen LogP contribution in [-0.2, 0) is 27.3 Å². The zero-order valence-corrected chi connectivity index (χ0v) is 8.08. The van der Waals surface area contributed by atoms with Gasteiger partial charge in [0.15, 0.2) is 0 Å². The summed E-state index contributed by atoms with van der Waals surface area (Å²) in [5.74, 6) is 0. The van der Waals surface area contributed by atoms with Crippen molar-refractivity contribution in [1.82, 2.24) is 0 Å². The maximum atomic E-state index is 10.2. The minimum Gasteiger partial charge on any atom is -0.358 e. The summed E-state index contributed by atoms with van der Waals surface area (Å²) in [6, 6.07) is 0. The molecule has 0 saturated carbocycles. The van der Waals surface area contributed by atoms with Crippen molar-refractivity contribution in [3.05, 3.63) is 14.4 Å². The van der Waals surface area contributed by atoms with Crippen LogP contribution in [0.3, 0.4) is 0 Å². The van der Waals surface area contributed by atoms with Crippen molar-refractivity contribution in [3.63, 3.8) is 0 Å². The van der Waals surface area contributed by atoms with Crippen molar-refractivity contribution in [2.24, 2.45) is 0 Å². The molecule has 0 aliphatic rings. The Balaban J connectivity index is -0.0000000800. The van der Waals surface area contributed by atoms with Gasteiger partial charge in [0.2, 0.25) is 0 Å². The molecule has 0 heterocycles. The van der Waals surface area contributed by atoms with E-state index in [9.17, 15) is 13.2 Å². The summed E-state index contributed by atoms with van der Waals surface area (Å²) in [4.78, 5) is 0. The quantitative estimate of drug-likeness (QED) is 0.423. The summed E-state index contributed by atoms with van der Waals surface area (Å²) in [5.41, 5.74) is 0. The zero-order chi connectivity index (χ0) is 4.50. The van der Waals surface area contributed by atoms with Crippen LogP contribution in [0.25, 0.3) is 0 Å². The van der Waals surface area contributed by atoms with Crippen molar-refractivity contribution in [2.75, 3.05) is 0 Å². The monoisotopic (exact) mass is 212 g/mol. The SMILES string of the molecule is [CH2-]C(F)(F)F.[CH3-].[Cd+2]. The Morgan fingerprint density at radius 1 is 1.14 bits per heavy atom. The number of hydrogen-bond donors (Lipinski definition) is 0. The van der Waals surface area contributed by atoms with Gasteiger partial charge in [0.05, 0.1) is 0 Å². The molecule has 0 rings (SSSR count). The summed E-state index contributed by atoms with van der Waals surface area (Å²) < 4.78 is 30.7. The minimum atomic E-state index is -4.25. The molecule has 0 unspecified atom stereocenters. The normalized spacial score (nSPS) is 8.57. The molecule has 0 amide bonds. The minimum absolute atomic E-state index is 0. The Hall–Kier alpha value is 0.712. The van der Waals surface area contributed by atoms with Crippen molar-refractivity contribution in [2.45, 2.75) is 6.18 Å². The molecule has 0 radical (unpaired) electrons. The van der Waals surface area contributed by atoms with Gasteiger partial charge in [-0.15, -0.1) is 0 Å². The van der Waals surface area contributed by atoms with E-state index in [0.717, 1.165) is 0 Å². The van der Waals surface area contributed by atoms with E-state index >= 15 is 0 Å². The molecule has 40 valence electrons. The first-order valence-corrected chi connectivity index (χ1v) is 0.921. The average molecular weight is 210 g/mol. The summed E-state index contributed by atoms with van der Waals surface area (Å²) >= 11 is 0. The van der Waals surface area contributed by atoms with Crippen molar-refractivity contribution >= 4 is 0 Å². The number of rotatable bonds is 0. The molecule has 4 heteroatoms. The van der Waals surface area contributed by atoms with Crippen LogP contribution >= 0.6 is 0 Å². The third-order valence-corrected chi connectivity index (χ3v) is 0. The molecular formula is C3H5CdF3. The molecule has 0 aromatic heterocycles. The van der Waals surface area contributed by atoms with Crippen LogP contribution in [0.1, 0.15) is 0 Å². The van der Waals surface area contributed by atoms with E-state index in [1.807, 2.05) is 0 Å². The molecule has 0 nitrogen and oxygen atoms in total. The van der Waals surface area contributed by atoms with Gasteiger partial charge in [0.25, 0.3) is 6.18 Å². The number of halogens is 3. The van der Waals surface area contributed by atoms with E-state index in [0.29, 0.717) is 0 Å². The molecular weight excluding hydrogens is 205 g/mol. The third-order valence-electron chi connectivity index (χ3n) is 0. The van der Waals surface area contributed by atoms with Crippen molar-refractivity contribution < 1.29 is 40.5 Å². The Labute approximate surface area is 61.3 Å². The maximum absolute atomic E-state index is 10.2. The molecule has 0 aliphatic carbocycles. The van der Waals surface area contributed by atoms with Gasteiger partial charge < -0.3 is 7.43 Å². The van der Waals surface area contributed by atoms with E-state index in [4.69, 9.17) is 0 Å². The van der Waals surface area contributed by atoms with Gasteiger partial charge >= 0.3 is 27.3 Å². The zero-order valence-electron chi connectivity index (χ0n) is 4.05. The first-order chi connectivity index (χ1) is 2.00. The van der Waals surface area contributed by atoms with E-state index in [1.54, 1.807) is 6.92 Å². The summed E-state index contributed by atoms with van der Waals surface area (Å²) in [6.07, 6.45) is -4.25. The summed E-state index contributed by atoms with van der Waals surface area (Å²) in [6.45, 7) is 1.77. The molecule has 0 aliphatic heterocycles. The smallest absolute Gasteiger partial charge is 0.358 e. The van der Waals surface area contributed by atoms with Gasteiger partial charge in [-0.25, -0.2) is 20.1 Å². The molecule has 0 aromatic carbocycles. The van der Waals surface area contributed by atoms with E-state index in [1.165, 1.54) is 0 Å². The Kier molecular flexibility index (Phi) is 10.9. The molecule has 0 N–H and O–H groups in total. The number of alkyl halides is 3. The van der Waals surface area contributed by atoms with E-state index < -0.39 is 6.18 Å². The Morgan fingerprint density at radius 3 is 1.14 bits per heavy atom. The fourth-order valence-corrected chi connectivity index (χ4v) is 0. The van der Waals surface area contributed by atoms with Gasteiger partial charge in [-0.05, 0) is 0 Å². The van der Waals surface area contributed by atoms with E-state index in [-0.39, 0.29) is 34.7 Å². The molecule has 0 aromatic rings. The van der Waals surface area contributed by atoms with Crippen molar-refractivity contribution in [3.8, 4) is 0 Å². The second kappa shape index (κ2) is 4.86. The van der Waals surface area contributed by atoms with Gasteiger partial charge in [-0.1, -0.05) is 0 Å². The van der Waals surface area contributed by atoms with Crippen LogP contribution < -0.4 is 0 Å². The summed E-state index contributed by atoms with van der Waals surface area (Å²) in [5, 5.41) is 0. The largest absolute Gasteiger partial charge is 2.00 e. The second-order valence-corrected chi connectivity index (χ2v) is 0.615. The molecule has 0 bridgehead atoms. The number of hydrogen-bond acceptors (Lipinski definition) is 0. The fourth-order valence-electron chi connectivity index (χ4n) is 0. The van der Waals surface area contributed by atoms with Crippen LogP contribution in [0.4, 0.5) is 13.2 Å². The predicted octanol–water partition coefficient (Wildman–Crippen LogP) is 1.83. The molecule has 0 spiro atoms. The average Bonchev–Trinajstić information content (AvgIpc) is 0.722. The second-order valence-electron chi connectivity index (χ2n) is 0.615. The predicted molar refractivity (Wildman–Crippen MR) is 17.8 cm³/mol. The Bertz CT molecular complexity index is 25.7. The fraction of sp³-hybridized carbons (Fsp3) is 0.333.